The van der Waals surface area contributed by atoms with Crippen LogP contribution in [0.3, 0.4) is 0 Å². The van der Waals surface area contributed by atoms with Gasteiger partial charge in [0.25, 0.3) is 0 Å². The number of ether oxygens (including phenoxy) is 2. The first-order valence-electron chi connectivity index (χ1n) is 16.3. The first-order valence-corrected chi connectivity index (χ1v) is 16.3. The van der Waals surface area contributed by atoms with Crippen LogP contribution in [0.25, 0.3) is 0 Å². The predicted octanol–water partition coefficient (Wildman–Crippen LogP) is 6.32. The first kappa shape index (κ1) is 34.3. The summed E-state index contributed by atoms with van der Waals surface area (Å²) in [6.45, 7) is 16.8. The molecule has 0 radical (unpaired) electrons. The van der Waals surface area contributed by atoms with Gasteiger partial charge < -0.3 is 19.3 Å². The summed E-state index contributed by atoms with van der Waals surface area (Å²) >= 11 is 0. The van der Waals surface area contributed by atoms with E-state index in [-0.39, 0.29) is 24.1 Å². The molecule has 2 aromatic rings. The number of benzene rings is 2. The maximum Gasteiger partial charge on any atom is 0.410 e. The first-order chi connectivity index (χ1) is 21.2. The van der Waals surface area contributed by atoms with Gasteiger partial charge in [0.15, 0.2) is 0 Å². The lowest BCUT2D eigenvalue weighted by molar-refractivity contribution is -0.131. The highest BCUT2D eigenvalue weighted by atomic mass is 16.6. The van der Waals surface area contributed by atoms with Crippen molar-refractivity contribution in [1.29, 1.82) is 0 Å². The van der Waals surface area contributed by atoms with Gasteiger partial charge in [-0.1, -0.05) is 60.7 Å². The molecule has 1 saturated carbocycles. The number of nitrogens with zero attached hydrogens (tertiary/aromatic N) is 4. The third-order valence-electron chi connectivity index (χ3n) is 8.11. The molecule has 3 fully saturated rings. The van der Waals surface area contributed by atoms with Crippen LogP contribution in [0, 0.1) is 0 Å². The number of amides is 3. The van der Waals surface area contributed by atoms with Crippen LogP contribution in [0.1, 0.15) is 78.4 Å². The smallest absolute Gasteiger partial charge is 0.410 e. The molecule has 0 unspecified atom stereocenters. The molecule has 0 atom stereocenters. The van der Waals surface area contributed by atoms with Crippen LogP contribution < -0.4 is 0 Å². The van der Waals surface area contributed by atoms with E-state index in [1.807, 2.05) is 76.8 Å². The van der Waals surface area contributed by atoms with E-state index in [1.54, 1.807) is 4.90 Å². The highest BCUT2D eigenvalue weighted by Crippen LogP contribution is 2.44. The zero-order valence-corrected chi connectivity index (χ0v) is 28.1. The van der Waals surface area contributed by atoms with Crippen LogP contribution in [0.5, 0.6) is 0 Å². The van der Waals surface area contributed by atoms with E-state index < -0.39 is 17.3 Å². The highest BCUT2D eigenvalue weighted by molar-refractivity contribution is 5.82. The molecule has 246 valence electrons. The van der Waals surface area contributed by atoms with Crippen LogP contribution in [-0.4, -0.2) is 93.7 Å². The lowest BCUT2D eigenvalue weighted by Gasteiger charge is -2.33. The molecule has 2 aromatic carbocycles. The average molecular weight is 621 g/mol. The lowest BCUT2D eigenvalue weighted by Crippen LogP contribution is -2.45. The van der Waals surface area contributed by atoms with Crippen molar-refractivity contribution in [2.45, 2.75) is 97.1 Å². The standard InChI is InChI=1S/C19H28N2O2.C17H24N2O3/c1-18(2,3)23-17(22)20-12-7-13-21(19(15-20)10-11-19)14-16-8-5-4-6-9-16;1-17(2,3)22-16(21)19-11-7-10-18(15(20)13-19)12-14-8-5-4-6-9-14/h4-6,8-9H,7,10-15H2,1-3H3;4-6,8-9H,7,10-13H2,1-3H3. The highest BCUT2D eigenvalue weighted by Gasteiger charge is 2.51. The molecule has 45 heavy (non-hydrogen) atoms. The maximum absolute atomic E-state index is 12.4. The molecule has 2 saturated heterocycles. The maximum atomic E-state index is 12.4. The zero-order valence-electron chi connectivity index (χ0n) is 28.1. The molecule has 0 N–H and O–H groups in total. The van der Waals surface area contributed by atoms with Crippen molar-refractivity contribution in [3.05, 3.63) is 71.8 Å². The Kier molecular flexibility index (Phi) is 11.2. The van der Waals surface area contributed by atoms with Crippen LogP contribution in [0.15, 0.2) is 60.7 Å². The summed E-state index contributed by atoms with van der Waals surface area (Å²) in [7, 11) is 0. The average Bonchev–Trinajstić information content (AvgIpc) is 3.79. The molecule has 2 heterocycles. The minimum Gasteiger partial charge on any atom is -0.444 e. The summed E-state index contributed by atoms with van der Waals surface area (Å²) in [5.74, 6) is -0.0350. The van der Waals surface area contributed by atoms with E-state index in [0.717, 1.165) is 44.6 Å². The van der Waals surface area contributed by atoms with Gasteiger partial charge in [0.05, 0.1) is 0 Å². The monoisotopic (exact) mass is 620 g/mol. The summed E-state index contributed by atoms with van der Waals surface area (Å²) in [6, 6.07) is 20.5. The number of carbonyl (C=O) groups is 3. The van der Waals surface area contributed by atoms with Crippen molar-refractivity contribution in [2.24, 2.45) is 0 Å². The molecule has 9 heteroatoms. The Labute approximate surface area is 269 Å². The Hall–Kier alpha value is -3.59. The Morgan fingerprint density at radius 2 is 1.18 bits per heavy atom. The molecule has 5 rings (SSSR count). The van der Waals surface area contributed by atoms with Crippen LogP contribution >= 0.6 is 0 Å². The molecular formula is C36H52N4O5. The summed E-state index contributed by atoms with van der Waals surface area (Å²) in [4.78, 5) is 44.7. The van der Waals surface area contributed by atoms with E-state index in [2.05, 4.69) is 35.2 Å². The second-order valence-corrected chi connectivity index (χ2v) is 14.4. The predicted molar refractivity (Wildman–Crippen MR) is 176 cm³/mol. The number of hydrogen-bond donors (Lipinski definition) is 0. The number of carbonyl (C=O) groups excluding carboxylic acids is 3. The minimum atomic E-state index is -0.545. The van der Waals surface area contributed by atoms with Gasteiger partial charge in [0, 0.05) is 51.4 Å². The van der Waals surface area contributed by atoms with Gasteiger partial charge in [0.1, 0.15) is 17.7 Å². The molecule has 9 nitrogen and oxygen atoms in total. The lowest BCUT2D eigenvalue weighted by atomic mass is 10.1. The molecule has 0 bridgehead atoms. The van der Waals surface area contributed by atoms with Gasteiger partial charge >= 0.3 is 12.2 Å². The largest absolute Gasteiger partial charge is 0.444 e. The van der Waals surface area contributed by atoms with Crippen molar-refractivity contribution in [3.63, 3.8) is 0 Å². The third kappa shape index (κ3) is 10.8. The van der Waals surface area contributed by atoms with Crippen molar-refractivity contribution < 1.29 is 23.9 Å². The van der Waals surface area contributed by atoms with Crippen molar-refractivity contribution in [1.82, 2.24) is 19.6 Å². The van der Waals surface area contributed by atoms with Gasteiger partial charge in [-0.05, 0) is 78.4 Å². The normalized spacial score (nSPS) is 18.8. The number of rotatable bonds is 4. The van der Waals surface area contributed by atoms with Gasteiger partial charge in [-0.15, -0.1) is 0 Å². The van der Waals surface area contributed by atoms with Crippen LogP contribution in [-0.2, 0) is 27.4 Å². The number of hydrogen-bond acceptors (Lipinski definition) is 6. The fourth-order valence-corrected chi connectivity index (χ4v) is 5.75. The van der Waals surface area contributed by atoms with Gasteiger partial charge in [-0.2, -0.15) is 0 Å². The molecule has 3 aliphatic rings. The fraction of sp³-hybridized carbons (Fsp3) is 0.583. The van der Waals surface area contributed by atoms with Crippen LogP contribution in [0.4, 0.5) is 9.59 Å². The van der Waals surface area contributed by atoms with E-state index in [0.29, 0.717) is 19.6 Å². The fourth-order valence-electron chi connectivity index (χ4n) is 5.75. The quantitative estimate of drug-likeness (QED) is 0.398. The minimum absolute atomic E-state index is 0.0350. The molecule has 0 aromatic heterocycles. The Morgan fingerprint density at radius 1 is 0.689 bits per heavy atom. The molecular weight excluding hydrogens is 568 g/mol. The molecule has 3 amide bonds. The zero-order chi connectivity index (χ0) is 32.7. The van der Waals surface area contributed by atoms with E-state index in [1.165, 1.54) is 23.3 Å². The van der Waals surface area contributed by atoms with Gasteiger partial charge in [-0.3, -0.25) is 14.6 Å². The van der Waals surface area contributed by atoms with E-state index in [4.69, 9.17) is 9.47 Å². The second kappa shape index (κ2) is 14.7. The van der Waals surface area contributed by atoms with Crippen molar-refractivity contribution in [2.75, 3.05) is 39.3 Å². The molecule has 2 aliphatic heterocycles. The Bertz CT molecular complexity index is 1270. The van der Waals surface area contributed by atoms with Gasteiger partial charge in [-0.25, -0.2) is 9.59 Å². The topological polar surface area (TPSA) is 82.6 Å². The van der Waals surface area contributed by atoms with E-state index in [9.17, 15) is 14.4 Å². The SMILES string of the molecule is CC(C)(C)OC(=O)N1CCCN(Cc2ccccc2)C(=O)C1.CC(C)(C)OC(=O)N1CCCN(Cc2ccccc2)C2(CC2)C1. The Morgan fingerprint density at radius 3 is 1.71 bits per heavy atom. The summed E-state index contributed by atoms with van der Waals surface area (Å²) in [5.41, 5.74) is 1.65. The second-order valence-electron chi connectivity index (χ2n) is 14.4. The van der Waals surface area contributed by atoms with E-state index >= 15 is 0 Å². The van der Waals surface area contributed by atoms with Crippen molar-refractivity contribution in [3.8, 4) is 0 Å². The summed E-state index contributed by atoms with van der Waals surface area (Å²) in [6.07, 6.45) is 3.55. The third-order valence-corrected chi connectivity index (χ3v) is 8.11. The van der Waals surface area contributed by atoms with Crippen LogP contribution in [0.2, 0.25) is 0 Å². The molecule has 1 spiro atoms. The van der Waals surface area contributed by atoms with Crippen molar-refractivity contribution >= 4 is 18.1 Å². The summed E-state index contributed by atoms with van der Waals surface area (Å²) < 4.78 is 10.9. The van der Waals surface area contributed by atoms with Gasteiger partial charge in [0.2, 0.25) is 5.91 Å². The molecule has 1 aliphatic carbocycles. The Balaban J connectivity index is 0.000000205. The summed E-state index contributed by atoms with van der Waals surface area (Å²) in [5, 5.41) is 0.